The molecule has 4 heteroatoms. The molecule has 2 rings (SSSR count). The van der Waals surface area contributed by atoms with Crippen molar-refractivity contribution in [2.75, 3.05) is 0 Å². The maximum absolute atomic E-state index is 5.82. The first kappa shape index (κ1) is 13.6. The lowest BCUT2D eigenvalue weighted by Crippen LogP contribution is -2.06. The molecule has 0 saturated heterocycles. The molecule has 2 N–H and O–H groups in total. The van der Waals surface area contributed by atoms with Crippen molar-refractivity contribution in [3.8, 4) is 5.75 Å². The van der Waals surface area contributed by atoms with Crippen LogP contribution in [-0.4, -0.2) is 9.78 Å². The van der Waals surface area contributed by atoms with Gasteiger partial charge in [-0.1, -0.05) is 19.1 Å². The summed E-state index contributed by atoms with van der Waals surface area (Å²) in [5.41, 5.74) is 8.92. The third kappa shape index (κ3) is 3.35. The Morgan fingerprint density at radius 3 is 2.79 bits per heavy atom. The van der Waals surface area contributed by atoms with Crippen molar-refractivity contribution in [3.05, 3.63) is 47.3 Å². The third-order valence-corrected chi connectivity index (χ3v) is 3.10. The van der Waals surface area contributed by atoms with Crippen LogP contribution in [0.3, 0.4) is 0 Å². The molecule has 4 nitrogen and oxygen atoms in total. The zero-order valence-corrected chi connectivity index (χ0v) is 11.6. The highest BCUT2D eigenvalue weighted by Gasteiger charge is 2.06. The van der Waals surface area contributed by atoms with Gasteiger partial charge in [-0.25, -0.2) is 0 Å². The standard InChI is InChI=1S/C15H21N3O/c1-3-13-9-14(18(4-2)17-13)11-19-15-7-5-6-12(8-15)10-16/h5-9H,3-4,10-11,16H2,1-2H3. The number of ether oxygens (including phenoxy) is 1. The minimum absolute atomic E-state index is 0.532. The maximum Gasteiger partial charge on any atom is 0.130 e. The van der Waals surface area contributed by atoms with E-state index in [0.717, 1.165) is 35.7 Å². The van der Waals surface area contributed by atoms with Gasteiger partial charge in [-0.3, -0.25) is 4.68 Å². The normalized spacial score (nSPS) is 10.7. The summed E-state index contributed by atoms with van der Waals surface area (Å²) in [5.74, 6) is 0.852. The van der Waals surface area contributed by atoms with Crippen LogP contribution in [0.4, 0.5) is 0 Å². The van der Waals surface area contributed by atoms with Crippen molar-refractivity contribution < 1.29 is 4.74 Å². The lowest BCUT2D eigenvalue weighted by Gasteiger charge is -2.08. The van der Waals surface area contributed by atoms with Gasteiger partial charge in [-0.05, 0) is 37.1 Å². The average molecular weight is 259 g/mol. The lowest BCUT2D eigenvalue weighted by molar-refractivity contribution is 0.292. The van der Waals surface area contributed by atoms with Crippen LogP contribution in [0.5, 0.6) is 5.75 Å². The van der Waals surface area contributed by atoms with E-state index in [-0.39, 0.29) is 0 Å². The molecule has 0 fully saturated rings. The van der Waals surface area contributed by atoms with Gasteiger partial charge in [0.15, 0.2) is 0 Å². The Bertz CT molecular complexity index is 534. The number of aromatic nitrogens is 2. The Kier molecular flexibility index (Phi) is 4.58. The quantitative estimate of drug-likeness (QED) is 0.867. The van der Waals surface area contributed by atoms with Gasteiger partial charge in [-0.15, -0.1) is 0 Å². The third-order valence-electron chi connectivity index (χ3n) is 3.10. The molecule has 0 aliphatic carbocycles. The molecular weight excluding hydrogens is 238 g/mol. The SMILES string of the molecule is CCc1cc(COc2cccc(CN)c2)n(CC)n1. The molecule has 102 valence electrons. The van der Waals surface area contributed by atoms with Crippen molar-refractivity contribution in [2.45, 2.75) is 40.0 Å². The van der Waals surface area contributed by atoms with Crippen LogP contribution in [0.1, 0.15) is 30.8 Å². The number of nitrogens with two attached hydrogens (primary N) is 1. The van der Waals surface area contributed by atoms with Gasteiger partial charge in [-0.2, -0.15) is 5.10 Å². The van der Waals surface area contributed by atoms with E-state index >= 15 is 0 Å². The summed E-state index contributed by atoms with van der Waals surface area (Å²) in [6.07, 6.45) is 0.947. The van der Waals surface area contributed by atoms with Crippen LogP contribution in [0.25, 0.3) is 0 Å². The summed E-state index contributed by atoms with van der Waals surface area (Å²) >= 11 is 0. The Morgan fingerprint density at radius 1 is 1.26 bits per heavy atom. The Hall–Kier alpha value is -1.81. The molecular formula is C15H21N3O. The first-order valence-electron chi connectivity index (χ1n) is 6.74. The molecule has 1 aromatic heterocycles. The van der Waals surface area contributed by atoms with Crippen molar-refractivity contribution in [1.82, 2.24) is 9.78 Å². The lowest BCUT2D eigenvalue weighted by atomic mass is 10.2. The van der Waals surface area contributed by atoms with Crippen LogP contribution in [0, 0.1) is 0 Å². The van der Waals surface area contributed by atoms with E-state index in [1.165, 1.54) is 0 Å². The molecule has 0 atom stereocenters. The number of benzene rings is 1. The van der Waals surface area contributed by atoms with Crippen LogP contribution in [0.2, 0.25) is 0 Å². The fourth-order valence-corrected chi connectivity index (χ4v) is 2.00. The Balaban J connectivity index is 2.07. The number of hydrogen-bond acceptors (Lipinski definition) is 3. The summed E-state index contributed by atoms with van der Waals surface area (Å²) in [5, 5.41) is 4.51. The average Bonchev–Trinajstić information content (AvgIpc) is 2.87. The summed E-state index contributed by atoms with van der Waals surface area (Å²) < 4.78 is 7.81. The predicted molar refractivity (Wildman–Crippen MR) is 75.9 cm³/mol. The van der Waals surface area contributed by atoms with Crippen LogP contribution in [-0.2, 0) is 26.1 Å². The largest absolute Gasteiger partial charge is 0.487 e. The van der Waals surface area contributed by atoms with Crippen LogP contribution >= 0.6 is 0 Å². The summed E-state index contributed by atoms with van der Waals surface area (Å²) in [4.78, 5) is 0. The summed E-state index contributed by atoms with van der Waals surface area (Å²) in [6, 6.07) is 10.0. The number of nitrogens with zero attached hydrogens (tertiary/aromatic N) is 2. The monoisotopic (exact) mass is 259 g/mol. The number of rotatable bonds is 6. The van der Waals surface area contributed by atoms with E-state index in [9.17, 15) is 0 Å². The van der Waals surface area contributed by atoms with Crippen molar-refractivity contribution in [2.24, 2.45) is 5.73 Å². The van der Waals surface area contributed by atoms with Gasteiger partial charge < -0.3 is 10.5 Å². The van der Waals surface area contributed by atoms with Gasteiger partial charge >= 0.3 is 0 Å². The smallest absolute Gasteiger partial charge is 0.130 e. The molecule has 0 unspecified atom stereocenters. The molecule has 0 saturated carbocycles. The van der Waals surface area contributed by atoms with Crippen molar-refractivity contribution in [1.29, 1.82) is 0 Å². The number of aryl methyl sites for hydroxylation is 2. The van der Waals surface area contributed by atoms with Crippen LogP contribution in [0.15, 0.2) is 30.3 Å². The molecule has 19 heavy (non-hydrogen) atoms. The minimum atomic E-state index is 0.532. The van der Waals surface area contributed by atoms with Gasteiger partial charge in [0, 0.05) is 13.1 Å². The molecule has 0 spiro atoms. The number of hydrogen-bond donors (Lipinski definition) is 1. The highest BCUT2D eigenvalue weighted by atomic mass is 16.5. The van der Waals surface area contributed by atoms with Crippen LogP contribution < -0.4 is 10.5 Å². The molecule has 0 amide bonds. The Labute approximate surface area is 114 Å². The second-order valence-electron chi connectivity index (χ2n) is 4.44. The van der Waals surface area contributed by atoms with Crippen molar-refractivity contribution >= 4 is 0 Å². The molecule has 0 bridgehead atoms. The fourth-order valence-electron chi connectivity index (χ4n) is 2.00. The minimum Gasteiger partial charge on any atom is -0.487 e. The van der Waals surface area contributed by atoms with E-state index in [1.807, 2.05) is 28.9 Å². The predicted octanol–water partition coefficient (Wildman–Crippen LogP) is 2.50. The van der Waals surface area contributed by atoms with Gasteiger partial charge in [0.25, 0.3) is 0 Å². The first-order chi connectivity index (χ1) is 9.26. The van der Waals surface area contributed by atoms with Gasteiger partial charge in [0.05, 0.1) is 11.4 Å². The highest BCUT2D eigenvalue weighted by Crippen LogP contribution is 2.15. The topological polar surface area (TPSA) is 53.1 Å². The molecule has 0 aliphatic rings. The second-order valence-corrected chi connectivity index (χ2v) is 4.44. The van der Waals surface area contributed by atoms with E-state index in [2.05, 4.69) is 25.0 Å². The van der Waals surface area contributed by atoms with Gasteiger partial charge in [0.1, 0.15) is 12.4 Å². The maximum atomic E-state index is 5.82. The van der Waals surface area contributed by atoms with E-state index < -0.39 is 0 Å². The zero-order chi connectivity index (χ0) is 13.7. The fraction of sp³-hybridized carbons (Fsp3) is 0.400. The van der Waals surface area contributed by atoms with E-state index in [0.29, 0.717) is 13.2 Å². The van der Waals surface area contributed by atoms with Crippen molar-refractivity contribution in [3.63, 3.8) is 0 Å². The van der Waals surface area contributed by atoms with Gasteiger partial charge in [0.2, 0.25) is 0 Å². The molecule has 0 aliphatic heterocycles. The molecule has 2 aromatic rings. The summed E-state index contributed by atoms with van der Waals surface area (Å²) in [7, 11) is 0. The molecule has 1 aromatic carbocycles. The first-order valence-corrected chi connectivity index (χ1v) is 6.74. The molecule has 1 heterocycles. The Morgan fingerprint density at radius 2 is 2.11 bits per heavy atom. The zero-order valence-electron chi connectivity index (χ0n) is 11.6. The highest BCUT2D eigenvalue weighted by molar-refractivity contribution is 5.28. The second kappa shape index (κ2) is 6.38. The van der Waals surface area contributed by atoms with E-state index in [1.54, 1.807) is 0 Å². The van der Waals surface area contributed by atoms with E-state index in [4.69, 9.17) is 10.5 Å². The summed E-state index contributed by atoms with van der Waals surface area (Å²) in [6.45, 7) is 6.13. The molecule has 0 radical (unpaired) electrons.